The Labute approximate surface area is 117 Å². The summed E-state index contributed by atoms with van der Waals surface area (Å²) in [4.78, 5) is 50.8. The summed E-state index contributed by atoms with van der Waals surface area (Å²) in [6.07, 6.45) is 2.93. The molecule has 1 saturated carbocycles. The zero-order chi connectivity index (χ0) is 14.3. The van der Waals surface area contributed by atoms with Gasteiger partial charge in [0.25, 0.3) is 0 Å². The van der Waals surface area contributed by atoms with Gasteiger partial charge in [-0.2, -0.15) is 0 Å². The highest BCUT2D eigenvalue weighted by atomic mass is 16.2. The minimum atomic E-state index is -0.518. The second-order valence-corrected chi connectivity index (χ2v) is 5.84. The van der Waals surface area contributed by atoms with Gasteiger partial charge < -0.3 is 4.90 Å². The summed E-state index contributed by atoms with van der Waals surface area (Å²) in [6.45, 7) is 1.26. The van der Waals surface area contributed by atoms with E-state index in [1.165, 1.54) is 0 Å². The number of carbonyl (C=O) groups excluding carboxylic acids is 4. The van der Waals surface area contributed by atoms with E-state index in [9.17, 15) is 19.2 Å². The number of rotatable bonds is 2. The molecule has 108 valence electrons. The van der Waals surface area contributed by atoms with Crippen LogP contribution in [0.1, 0.15) is 32.1 Å². The Hall–Kier alpha value is -1.72. The number of likely N-dealkylation sites (tertiary alicyclic amines) is 2. The Morgan fingerprint density at radius 1 is 1.05 bits per heavy atom. The first-order chi connectivity index (χ1) is 9.58. The maximum atomic E-state index is 12.2. The second-order valence-electron chi connectivity index (χ2n) is 5.84. The molecular formula is C14H18N2O4. The molecule has 0 unspecified atom stereocenters. The maximum Gasteiger partial charge on any atom is 0.242 e. The van der Waals surface area contributed by atoms with Crippen LogP contribution in [0.5, 0.6) is 0 Å². The molecule has 0 spiro atoms. The molecule has 0 radical (unpaired) electrons. The van der Waals surface area contributed by atoms with Crippen LogP contribution in [0, 0.1) is 11.8 Å². The molecule has 0 aromatic rings. The van der Waals surface area contributed by atoms with Gasteiger partial charge in [-0.1, -0.05) is 0 Å². The van der Waals surface area contributed by atoms with E-state index in [1.807, 2.05) is 0 Å². The summed E-state index contributed by atoms with van der Waals surface area (Å²) in [5.41, 5.74) is 0. The van der Waals surface area contributed by atoms with Crippen molar-refractivity contribution in [3.63, 3.8) is 0 Å². The molecule has 1 aliphatic carbocycles. The molecule has 3 aliphatic rings. The molecule has 3 rings (SSSR count). The summed E-state index contributed by atoms with van der Waals surface area (Å²) in [7, 11) is 0. The largest absolute Gasteiger partial charge is 0.341 e. The summed E-state index contributed by atoms with van der Waals surface area (Å²) in [6, 6.07) is 0. The zero-order valence-electron chi connectivity index (χ0n) is 11.3. The molecule has 20 heavy (non-hydrogen) atoms. The van der Waals surface area contributed by atoms with Gasteiger partial charge in [-0.25, -0.2) is 0 Å². The number of fused-ring (bicyclic) bond motifs is 1. The number of carbonyl (C=O) groups is 4. The smallest absolute Gasteiger partial charge is 0.242 e. The van der Waals surface area contributed by atoms with Crippen LogP contribution in [0.3, 0.4) is 0 Å². The van der Waals surface area contributed by atoms with E-state index in [-0.39, 0.29) is 42.4 Å². The van der Waals surface area contributed by atoms with Crippen LogP contribution in [0.2, 0.25) is 0 Å². The molecule has 0 bridgehead atoms. The van der Waals surface area contributed by atoms with Crippen LogP contribution in [0.4, 0.5) is 0 Å². The van der Waals surface area contributed by atoms with Crippen LogP contribution < -0.4 is 0 Å². The lowest BCUT2D eigenvalue weighted by Gasteiger charge is -2.19. The Kier molecular flexibility index (Phi) is 3.31. The maximum absolute atomic E-state index is 12.2. The van der Waals surface area contributed by atoms with E-state index in [0.29, 0.717) is 25.9 Å². The minimum Gasteiger partial charge on any atom is -0.341 e. The molecule has 3 fully saturated rings. The number of hydrogen-bond donors (Lipinski definition) is 0. The third kappa shape index (κ3) is 2.13. The minimum absolute atomic E-state index is 0.0418. The fourth-order valence-corrected chi connectivity index (χ4v) is 3.43. The molecule has 2 heterocycles. The van der Waals surface area contributed by atoms with Crippen LogP contribution in [-0.4, -0.2) is 52.9 Å². The summed E-state index contributed by atoms with van der Waals surface area (Å²) < 4.78 is 0. The van der Waals surface area contributed by atoms with Crippen molar-refractivity contribution in [3.8, 4) is 0 Å². The number of imide groups is 1. The van der Waals surface area contributed by atoms with Crippen molar-refractivity contribution in [1.29, 1.82) is 0 Å². The van der Waals surface area contributed by atoms with Gasteiger partial charge in [-0.15, -0.1) is 0 Å². The Balaban J connectivity index is 1.70. The summed E-state index contributed by atoms with van der Waals surface area (Å²) in [5.74, 6) is -1.61. The van der Waals surface area contributed by atoms with Crippen molar-refractivity contribution >= 4 is 23.5 Å². The lowest BCUT2D eigenvalue weighted by Crippen LogP contribution is -2.42. The number of hydrogen-bond acceptors (Lipinski definition) is 4. The predicted molar refractivity (Wildman–Crippen MR) is 68.4 cm³/mol. The topological polar surface area (TPSA) is 74.8 Å². The van der Waals surface area contributed by atoms with Gasteiger partial charge in [0.2, 0.25) is 17.7 Å². The highest BCUT2D eigenvalue weighted by molar-refractivity contribution is 6.09. The van der Waals surface area contributed by atoms with Gasteiger partial charge in [0, 0.05) is 25.9 Å². The van der Waals surface area contributed by atoms with E-state index in [0.717, 1.165) is 17.7 Å². The van der Waals surface area contributed by atoms with Crippen molar-refractivity contribution < 1.29 is 19.2 Å². The molecule has 2 aliphatic heterocycles. The van der Waals surface area contributed by atoms with Gasteiger partial charge in [-0.3, -0.25) is 24.1 Å². The number of ketones is 1. The third-order valence-corrected chi connectivity index (χ3v) is 4.59. The van der Waals surface area contributed by atoms with E-state index >= 15 is 0 Å². The molecule has 6 nitrogen and oxygen atoms in total. The number of nitrogens with zero attached hydrogens (tertiary/aromatic N) is 2. The molecular weight excluding hydrogens is 260 g/mol. The van der Waals surface area contributed by atoms with Gasteiger partial charge >= 0.3 is 0 Å². The van der Waals surface area contributed by atoms with Gasteiger partial charge in [-0.05, 0) is 19.3 Å². The lowest BCUT2D eigenvalue weighted by molar-refractivity contribution is -0.146. The average molecular weight is 278 g/mol. The van der Waals surface area contributed by atoms with Crippen LogP contribution in [-0.2, 0) is 19.2 Å². The predicted octanol–water partition coefficient (Wildman–Crippen LogP) is -0.0370. The van der Waals surface area contributed by atoms with Gasteiger partial charge in [0.1, 0.15) is 12.3 Å². The fourth-order valence-electron chi connectivity index (χ4n) is 3.43. The van der Waals surface area contributed by atoms with Crippen molar-refractivity contribution in [3.05, 3.63) is 0 Å². The van der Waals surface area contributed by atoms with Crippen LogP contribution >= 0.6 is 0 Å². The zero-order valence-corrected chi connectivity index (χ0v) is 11.3. The molecule has 0 N–H and O–H groups in total. The normalized spacial score (nSPS) is 30.1. The second kappa shape index (κ2) is 5.00. The highest BCUT2D eigenvalue weighted by Crippen LogP contribution is 2.36. The molecule has 6 heteroatoms. The first-order valence-electron chi connectivity index (χ1n) is 7.22. The Bertz CT molecular complexity index is 482. The average Bonchev–Trinajstić information content (AvgIpc) is 3.03. The van der Waals surface area contributed by atoms with Crippen LogP contribution in [0.25, 0.3) is 0 Å². The van der Waals surface area contributed by atoms with E-state index < -0.39 is 5.92 Å². The van der Waals surface area contributed by atoms with Crippen LogP contribution in [0.15, 0.2) is 0 Å². The Morgan fingerprint density at radius 3 is 2.40 bits per heavy atom. The molecule has 3 amide bonds. The quantitative estimate of drug-likeness (QED) is 0.664. The van der Waals surface area contributed by atoms with E-state index in [4.69, 9.17) is 0 Å². The van der Waals surface area contributed by atoms with E-state index in [2.05, 4.69) is 0 Å². The highest BCUT2D eigenvalue weighted by Gasteiger charge is 2.50. The van der Waals surface area contributed by atoms with E-state index in [1.54, 1.807) is 4.90 Å². The SMILES string of the molecule is O=C1CC[C@H]2C(=O)N(CC(=O)N3CCCC3)C(=O)[C@@H]2C1. The monoisotopic (exact) mass is 278 g/mol. The van der Waals surface area contributed by atoms with Gasteiger partial charge in [0.15, 0.2) is 0 Å². The first kappa shape index (κ1) is 13.3. The summed E-state index contributed by atoms with van der Waals surface area (Å²) in [5, 5.41) is 0. The van der Waals surface area contributed by atoms with Crippen molar-refractivity contribution in [2.24, 2.45) is 11.8 Å². The summed E-state index contributed by atoms with van der Waals surface area (Å²) >= 11 is 0. The molecule has 2 saturated heterocycles. The van der Waals surface area contributed by atoms with Crippen molar-refractivity contribution in [2.45, 2.75) is 32.1 Å². The lowest BCUT2D eigenvalue weighted by atomic mass is 9.80. The van der Waals surface area contributed by atoms with Crippen molar-refractivity contribution in [1.82, 2.24) is 9.80 Å². The van der Waals surface area contributed by atoms with Gasteiger partial charge in [0.05, 0.1) is 11.8 Å². The molecule has 0 aromatic carbocycles. The first-order valence-corrected chi connectivity index (χ1v) is 7.22. The number of amides is 3. The fraction of sp³-hybridized carbons (Fsp3) is 0.714. The standard InChI is InChI=1S/C14H18N2O4/c17-9-3-4-10-11(7-9)14(20)16(13(10)19)8-12(18)15-5-1-2-6-15/h10-11H,1-8H2/t10-,11-/m1/s1. The third-order valence-electron chi connectivity index (χ3n) is 4.59. The molecule has 0 aromatic heterocycles. The number of Topliss-reactive ketones (excluding diaryl/α,β-unsaturated/α-hetero) is 1. The Morgan fingerprint density at radius 2 is 1.70 bits per heavy atom. The van der Waals surface area contributed by atoms with Crippen molar-refractivity contribution in [2.75, 3.05) is 19.6 Å². The molecule has 2 atom stereocenters.